The molecule has 0 spiro atoms. The fourth-order valence-corrected chi connectivity index (χ4v) is 2.91. The molecule has 1 N–H and O–H groups in total. The Kier molecular flexibility index (Phi) is 3.62. The number of carboxylic acid groups (broad SMARTS) is 1. The number of hydrogen-bond donors (Lipinski definition) is 1. The molecule has 1 unspecified atom stereocenters. The van der Waals surface area contributed by atoms with Crippen molar-refractivity contribution in [3.05, 3.63) is 58.6 Å². The molecule has 1 atom stereocenters. The molecule has 112 valence electrons. The monoisotopic (exact) mass is 315 g/mol. The van der Waals surface area contributed by atoms with Gasteiger partial charge in [0.25, 0.3) is 0 Å². The molecule has 1 amide bonds. The second-order valence-corrected chi connectivity index (χ2v) is 5.77. The molecule has 22 heavy (non-hydrogen) atoms. The third-order valence-electron chi connectivity index (χ3n) is 3.84. The van der Waals surface area contributed by atoms with E-state index >= 15 is 0 Å². The number of hydrogen-bond acceptors (Lipinski definition) is 2. The molecular formula is C17H14ClNO3. The maximum Gasteiger partial charge on any atom is 0.307 e. The van der Waals surface area contributed by atoms with Crippen LogP contribution in [0.2, 0.25) is 5.02 Å². The first-order chi connectivity index (χ1) is 10.5. The first kappa shape index (κ1) is 14.6. The SMILES string of the molecule is CC1C(=O)N(c2ccc(CC(=O)O)cc2)c2ccc(Cl)cc21. The summed E-state index contributed by atoms with van der Waals surface area (Å²) in [6.45, 7) is 1.86. The second kappa shape index (κ2) is 5.46. The lowest BCUT2D eigenvalue weighted by Crippen LogP contribution is -2.22. The van der Waals surface area contributed by atoms with Crippen molar-refractivity contribution in [3.8, 4) is 0 Å². The number of nitrogens with zero attached hydrogens (tertiary/aromatic N) is 1. The molecule has 0 bridgehead atoms. The second-order valence-electron chi connectivity index (χ2n) is 5.34. The van der Waals surface area contributed by atoms with Crippen LogP contribution in [0.4, 0.5) is 11.4 Å². The van der Waals surface area contributed by atoms with Gasteiger partial charge in [-0.1, -0.05) is 23.7 Å². The molecule has 2 aromatic carbocycles. The van der Waals surface area contributed by atoms with Crippen LogP contribution in [0.15, 0.2) is 42.5 Å². The van der Waals surface area contributed by atoms with Gasteiger partial charge >= 0.3 is 5.97 Å². The van der Waals surface area contributed by atoms with E-state index in [0.29, 0.717) is 10.6 Å². The lowest BCUT2D eigenvalue weighted by molar-refractivity contribution is -0.136. The highest BCUT2D eigenvalue weighted by atomic mass is 35.5. The van der Waals surface area contributed by atoms with Crippen LogP contribution in [0.3, 0.4) is 0 Å². The molecule has 1 aliphatic heterocycles. The Morgan fingerprint density at radius 1 is 1.23 bits per heavy atom. The van der Waals surface area contributed by atoms with Gasteiger partial charge in [0.05, 0.1) is 18.0 Å². The molecule has 0 aromatic heterocycles. The number of carbonyl (C=O) groups excluding carboxylic acids is 1. The van der Waals surface area contributed by atoms with Crippen LogP contribution in [0.5, 0.6) is 0 Å². The summed E-state index contributed by atoms with van der Waals surface area (Å²) in [5.41, 5.74) is 3.17. The maximum atomic E-state index is 12.5. The van der Waals surface area contributed by atoms with Gasteiger partial charge in [0.2, 0.25) is 5.91 Å². The standard InChI is InChI=1S/C17H14ClNO3/c1-10-14-9-12(18)4-7-15(14)19(17(10)22)13-5-2-11(3-6-13)8-16(20)21/h2-7,9-10H,8H2,1H3,(H,20,21). The third-order valence-corrected chi connectivity index (χ3v) is 4.07. The van der Waals surface area contributed by atoms with Gasteiger partial charge in [0, 0.05) is 10.7 Å². The van der Waals surface area contributed by atoms with Crippen LogP contribution in [0, 0.1) is 0 Å². The Labute approximate surface area is 132 Å². The molecule has 4 nitrogen and oxygen atoms in total. The van der Waals surface area contributed by atoms with Crippen molar-refractivity contribution in [1.82, 2.24) is 0 Å². The van der Waals surface area contributed by atoms with E-state index < -0.39 is 5.97 Å². The summed E-state index contributed by atoms with van der Waals surface area (Å²) in [4.78, 5) is 24.9. The normalized spacial score (nSPS) is 16.7. The van der Waals surface area contributed by atoms with E-state index in [1.807, 2.05) is 19.1 Å². The summed E-state index contributed by atoms with van der Waals surface area (Å²) < 4.78 is 0. The number of carbonyl (C=O) groups is 2. The molecule has 0 saturated heterocycles. The van der Waals surface area contributed by atoms with Crippen LogP contribution in [0.1, 0.15) is 24.0 Å². The van der Waals surface area contributed by atoms with E-state index in [2.05, 4.69) is 0 Å². The maximum absolute atomic E-state index is 12.5. The summed E-state index contributed by atoms with van der Waals surface area (Å²) in [5.74, 6) is -1.13. The largest absolute Gasteiger partial charge is 0.481 e. The van der Waals surface area contributed by atoms with E-state index in [4.69, 9.17) is 16.7 Å². The first-order valence-corrected chi connectivity index (χ1v) is 7.29. The minimum Gasteiger partial charge on any atom is -0.481 e. The van der Waals surface area contributed by atoms with E-state index in [1.54, 1.807) is 35.2 Å². The molecule has 0 fully saturated rings. The zero-order chi connectivity index (χ0) is 15.9. The summed E-state index contributed by atoms with van der Waals surface area (Å²) >= 11 is 6.01. The van der Waals surface area contributed by atoms with Crippen LogP contribution >= 0.6 is 11.6 Å². The molecule has 2 aromatic rings. The highest BCUT2D eigenvalue weighted by molar-refractivity contribution is 6.31. The van der Waals surface area contributed by atoms with Crippen molar-refractivity contribution in [2.24, 2.45) is 0 Å². The Hall–Kier alpha value is -2.33. The van der Waals surface area contributed by atoms with Gasteiger partial charge < -0.3 is 5.11 Å². The van der Waals surface area contributed by atoms with Gasteiger partial charge in [-0.05, 0) is 48.4 Å². The predicted molar refractivity (Wildman–Crippen MR) is 84.8 cm³/mol. The van der Waals surface area contributed by atoms with Crippen molar-refractivity contribution >= 4 is 34.9 Å². The summed E-state index contributed by atoms with van der Waals surface area (Å²) in [6.07, 6.45) is -0.0309. The summed E-state index contributed by atoms with van der Waals surface area (Å²) in [7, 11) is 0. The van der Waals surface area contributed by atoms with Crippen molar-refractivity contribution in [2.75, 3.05) is 4.90 Å². The number of halogens is 1. The average molecular weight is 316 g/mol. The smallest absolute Gasteiger partial charge is 0.307 e. The lowest BCUT2D eigenvalue weighted by Gasteiger charge is -2.18. The molecular weight excluding hydrogens is 302 g/mol. The van der Waals surface area contributed by atoms with E-state index in [-0.39, 0.29) is 18.2 Å². The Bertz CT molecular complexity index is 755. The number of benzene rings is 2. The number of aliphatic carboxylic acids is 1. The molecule has 3 rings (SSSR count). The van der Waals surface area contributed by atoms with Crippen molar-refractivity contribution in [1.29, 1.82) is 0 Å². The van der Waals surface area contributed by atoms with Crippen molar-refractivity contribution < 1.29 is 14.7 Å². The summed E-state index contributed by atoms with van der Waals surface area (Å²) in [5, 5.41) is 9.41. The Balaban J connectivity index is 1.99. The minimum absolute atomic E-state index is 0.0109. The third kappa shape index (κ3) is 2.46. The van der Waals surface area contributed by atoms with Crippen LogP contribution in [-0.2, 0) is 16.0 Å². The molecule has 5 heteroatoms. The Morgan fingerprint density at radius 3 is 2.55 bits per heavy atom. The van der Waals surface area contributed by atoms with Crippen molar-refractivity contribution in [3.63, 3.8) is 0 Å². The van der Waals surface area contributed by atoms with Gasteiger partial charge in [-0.2, -0.15) is 0 Å². The molecule has 0 saturated carbocycles. The number of fused-ring (bicyclic) bond motifs is 1. The zero-order valence-electron chi connectivity index (χ0n) is 11.9. The molecule has 1 heterocycles. The minimum atomic E-state index is -0.876. The van der Waals surface area contributed by atoms with E-state index in [0.717, 1.165) is 16.9 Å². The Morgan fingerprint density at radius 2 is 1.91 bits per heavy atom. The first-order valence-electron chi connectivity index (χ1n) is 6.91. The van der Waals surface area contributed by atoms with Gasteiger partial charge in [0.1, 0.15) is 0 Å². The van der Waals surface area contributed by atoms with Gasteiger partial charge in [0.15, 0.2) is 0 Å². The van der Waals surface area contributed by atoms with E-state index in [9.17, 15) is 9.59 Å². The number of rotatable bonds is 3. The average Bonchev–Trinajstić information content (AvgIpc) is 2.72. The molecule has 0 aliphatic carbocycles. The zero-order valence-corrected chi connectivity index (χ0v) is 12.7. The number of carboxylic acids is 1. The van der Waals surface area contributed by atoms with Crippen molar-refractivity contribution in [2.45, 2.75) is 19.3 Å². The van der Waals surface area contributed by atoms with Crippen LogP contribution in [-0.4, -0.2) is 17.0 Å². The van der Waals surface area contributed by atoms with Crippen LogP contribution in [0.25, 0.3) is 0 Å². The van der Waals surface area contributed by atoms with Crippen LogP contribution < -0.4 is 4.90 Å². The lowest BCUT2D eigenvalue weighted by atomic mass is 10.0. The quantitative estimate of drug-likeness (QED) is 0.938. The predicted octanol–water partition coefficient (Wildman–Crippen LogP) is 3.75. The van der Waals surface area contributed by atoms with E-state index in [1.165, 1.54) is 0 Å². The highest BCUT2D eigenvalue weighted by Crippen LogP contribution is 2.42. The highest BCUT2D eigenvalue weighted by Gasteiger charge is 2.35. The van der Waals surface area contributed by atoms with Gasteiger partial charge in [-0.25, -0.2) is 0 Å². The number of anilines is 2. The topological polar surface area (TPSA) is 57.6 Å². The summed E-state index contributed by atoms with van der Waals surface area (Å²) in [6, 6.07) is 12.4. The molecule has 1 aliphatic rings. The number of amides is 1. The van der Waals surface area contributed by atoms with Gasteiger partial charge in [-0.3, -0.25) is 14.5 Å². The molecule has 0 radical (unpaired) electrons. The van der Waals surface area contributed by atoms with Gasteiger partial charge in [-0.15, -0.1) is 0 Å². The fraction of sp³-hybridized carbons (Fsp3) is 0.176. The fourth-order valence-electron chi connectivity index (χ4n) is 2.73.